The Labute approximate surface area is 112 Å². The molecule has 1 aromatic heterocycles. The van der Waals surface area contributed by atoms with Gasteiger partial charge in [-0.1, -0.05) is 0 Å². The maximum Gasteiger partial charge on any atom is 0.332 e. The van der Waals surface area contributed by atoms with Crippen LogP contribution in [0.4, 0.5) is 4.39 Å². The van der Waals surface area contributed by atoms with E-state index in [2.05, 4.69) is 0 Å². The molecular formula is C13H10FN3O3. The molecular weight excluding hydrogens is 265 g/mol. The van der Waals surface area contributed by atoms with Crippen LogP contribution in [0.5, 0.6) is 5.75 Å². The molecule has 0 fully saturated rings. The van der Waals surface area contributed by atoms with Crippen LogP contribution in [0.2, 0.25) is 0 Å². The predicted molar refractivity (Wildman–Crippen MR) is 68.5 cm³/mol. The number of aromatic nitrogens is 2. The smallest absolute Gasteiger partial charge is 0.332 e. The van der Waals surface area contributed by atoms with Crippen LogP contribution in [-0.4, -0.2) is 16.2 Å². The summed E-state index contributed by atoms with van der Waals surface area (Å²) in [6, 6.07) is 5.57. The maximum atomic E-state index is 13.7. The summed E-state index contributed by atoms with van der Waals surface area (Å²) in [6.45, 7) is 2.03. The number of hydrogen-bond acceptors (Lipinski definition) is 4. The third-order valence-corrected chi connectivity index (χ3v) is 2.56. The molecule has 0 spiro atoms. The molecule has 0 atom stereocenters. The number of nitrogens with zero attached hydrogens (tertiary/aromatic N) is 2. The second-order valence-electron chi connectivity index (χ2n) is 3.83. The van der Waals surface area contributed by atoms with Crippen LogP contribution in [0.25, 0.3) is 5.69 Å². The Morgan fingerprint density at radius 1 is 1.45 bits per heavy atom. The largest absolute Gasteiger partial charge is 0.491 e. The number of nitriles is 1. The highest BCUT2D eigenvalue weighted by Crippen LogP contribution is 2.19. The minimum atomic E-state index is -0.778. The first-order chi connectivity index (χ1) is 9.56. The summed E-state index contributed by atoms with van der Waals surface area (Å²) < 4.78 is 19.8. The van der Waals surface area contributed by atoms with Gasteiger partial charge in [-0.05, 0) is 19.1 Å². The van der Waals surface area contributed by atoms with Gasteiger partial charge in [0.15, 0.2) is 11.6 Å². The van der Waals surface area contributed by atoms with E-state index in [1.54, 1.807) is 13.0 Å². The predicted octanol–water partition coefficient (Wildman–Crippen LogP) is 0.935. The van der Waals surface area contributed by atoms with Gasteiger partial charge < -0.3 is 4.74 Å². The number of nitrogens with one attached hydrogen (secondary N) is 1. The summed E-state index contributed by atoms with van der Waals surface area (Å²) in [6.07, 6.45) is 1.07. The van der Waals surface area contributed by atoms with Gasteiger partial charge in [-0.25, -0.2) is 9.18 Å². The second-order valence-corrected chi connectivity index (χ2v) is 3.83. The minimum absolute atomic E-state index is 0.0641. The Balaban J connectivity index is 2.58. The molecule has 2 aromatic rings. The Morgan fingerprint density at radius 2 is 2.20 bits per heavy atom. The number of rotatable bonds is 3. The topological polar surface area (TPSA) is 87.9 Å². The fraction of sp³-hybridized carbons (Fsp3) is 0.154. The summed E-state index contributed by atoms with van der Waals surface area (Å²) >= 11 is 0. The number of H-pyrrole nitrogens is 1. The lowest BCUT2D eigenvalue weighted by molar-refractivity contribution is 0.321. The molecule has 0 aliphatic heterocycles. The van der Waals surface area contributed by atoms with Crippen LogP contribution in [-0.2, 0) is 0 Å². The van der Waals surface area contributed by atoms with Gasteiger partial charge in [-0.3, -0.25) is 14.3 Å². The molecule has 1 heterocycles. The monoisotopic (exact) mass is 275 g/mol. The molecule has 0 aliphatic rings. The molecule has 0 radical (unpaired) electrons. The van der Waals surface area contributed by atoms with Gasteiger partial charge in [0.2, 0.25) is 0 Å². The van der Waals surface area contributed by atoms with E-state index in [1.165, 1.54) is 12.1 Å². The van der Waals surface area contributed by atoms with Gasteiger partial charge in [-0.15, -0.1) is 0 Å². The Morgan fingerprint density at radius 3 is 2.80 bits per heavy atom. The molecule has 102 valence electrons. The molecule has 0 saturated heterocycles. The third kappa shape index (κ3) is 2.44. The number of halogens is 1. The van der Waals surface area contributed by atoms with E-state index in [1.807, 2.05) is 4.98 Å². The molecule has 20 heavy (non-hydrogen) atoms. The average molecular weight is 275 g/mol. The molecule has 1 N–H and O–H groups in total. The standard InChI is InChI=1S/C13H10FN3O3/c1-2-20-11-4-3-9(5-10(11)14)17-7-8(6-15)12(18)16-13(17)19/h3-5,7H,2H2,1H3,(H,16,18,19). The summed E-state index contributed by atoms with van der Waals surface area (Å²) in [4.78, 5) is 24.9. The molecule has 7 heteroatoms. The summed E-state index contributed by atoms with van der Waals surface area (Å²) in [5.41, 5.74) is -1.58. The van der Waals surface area contributed by atoms with Crippen LogP contribution < -0.4 is 16.0 Å². The lowest BCUT2D eigenvalue weighted by Crippen LogP contribution is -2.30. The fourth-order valence-electron chi connectivity index (χ4n) is 1.65. The average Bonchev–Trinajstić information content (AvgIpc) is 2.41. The van der Waals surface area contributed by atoms with Gasteiger partial charge in [0, 0.05) is 12.3 Å². The summed E-state index contributed by atoms with van der Waals surface area (Å²) in [7, 11) is 0. The van der Waals surface area contributed by atoms with Crippen LogP contribution in [0.15, 0.2) is 34.0 Å². The van der Waals surface area contributed by atoms with Crippen LogP contribution in [0, 0.1) is 17.1 Å². The van der Waals surface area contributed by atoms with E-state index in [0.717, 1.165) is 16.8 Å². The van der Waals surface area contributed by atoms with E-state index in [9.17, 15) is 14.0 Å². The van der Waals surface area contributed by atoms with Gasteiger partial charge >= 0.3 is 5.69 Å². The van der Waals surface area contributed by atoms with E-state index >= 15 is 0 Å². The van der Waals surface area contributed by atoms with Crippen LogP contribution >= 0.6 is 0 Å². The Bertz CT molecular complexity index is 802. The van der Waals surface area contributed by atoms with E-state index in [-0.39, 0.29) is 17.0 Å². The Kier molecular flexibility index (Phi) is 3.66. The maximum absolute atomic E-state index is 13.7. The fourth-order valence-corrected chi connectivity index (χ4v) is 1.65. The molecule has 0 aliphatic carbocycles. The number of benzene rings is 1. The SMILES string of the molecule is CCOc1ccc(-n2cc(C#N)c(=O)[nH]c2=O)cc1F. The van der Waals surface area contributed by atoms with E-state index < -0.39 is 17.1 Å². The van der Waals surface area contributed by atoms with Crippen molar-refractivity contribution in [3.05, 3.63) is 56.6 Å². The van der Waals surface area contributed by atoms with Crippen LogP contribution in [0.1, 0.15) is 12.5 Å². The normalized spacial score (nSPS) is 10.1. The highest BCUT2D eigenvalue weighted by Gasteiger charge is 2.09. The lowest BCUT2D eigenvalue weighted by Gasteiger charge is -2.08. The van der Waals surface area contributed by atoms with Crippen LogP contribution in [0.3, 0.4) is 0 Å². The highest BCUT2D eigenvalue weighted by molar-refractivity contribution is 5.39. The van der Waals surface area contributed by atoms with Gasteiger partial charge in [-0.2, -0.15) is 5.26 Å². The zero-order valence-corrected chi connectivity index (χ0v) is 10.5. The molecule has 1 aromatic carbocycles. The first-order valence-electron chi connectivity index (χ1n) is 5.75. The number of aromatic amines is 1. The van der Waals surface area contributed by atoms with Crippen molar-refractivity contribution in [2.24, 2.45) is 0 Å². The molecule has 2 rings (SSSR count). The van der Waals surface area contributed by atoms with E-state index in [0.29, 0.717) is 6.61 Å². The van der Waals surface area contributed by atoms with Crippen molar-refractivity contribution >= 4 is 0 Å². The van der Waals surface area contributed by atoms with Crippen molar-refractivity contribution in [2.45, 2.75) is 6.92 Å². The molecule has 0 unspecified atom stereocenters. The molecule has 0 saturated carbocycles. The molecule has 0 amide bonds. The van der Waals surface area contributed by atoms with Gasteiger partial charge in [0.25, 0.3) is 5.56 Å². The zero-order valence-electron chi connectivity index (χ0n) is 10.5. The van der Waals surface area contributed by atoms with Crippen molar-refractivity contribution in [1.82, 2.24) is 9.55 Å². The Hall–Kier alpha value is -2.88. The van der Waals surface area contributed by atoms with E-state index in [4.69, 9.17) is 10.00 Å². The first kappa shape index (κ1) is 13.5. The third-order valence-electron chi connectivity index (χ3n) is 2.56. The minimum Gasteiger partial charge on any atom is -0.491 e. The quantitative estimate of drug-likeness (QED) is 0.902. The van der Waals surface area contributed by atoms with Gasteiger partial charge in [0.1, 0.15) is 11.6 Å². The molecule has 6 nitrogen and oxygen atoms in total. The summed E-state index contributed by atoms with van der Waals surface area (Å²) in [5.74, 6) is -0.574. The number of hydrogen-bond donors (Lipinski definition) is 1. The van der Waals surface area contributed by atoms with Crippen molar-refractivity contribution in [3.63, 3.8) is 0 Å². The molecule has 0 bridgehead atoms. The van der Waals surface area contributed by atoms with Crippen molar-refractivity contribution in [1.29, 1.82) is 5.26 Å². The van der Waals surface area contributed by atoms with Crippen molar-refractivity contribution in [3.8, 4) is 17.5 Å². The zero-order chi connectivity index (χ0) is 14.7. The van der Waals surface area contributed by atoms with Crippen molar-refractivity contribution in [2.75, 3.05) is 6.61 Å². The van der Waals surface area contributed by atoms with Gasteiger partial charge in [0.05, 0.1) is 12.3 Å². The lowest BCUT2D eigenvalue weighted by atomic mass is 10.2. The second kappa shape index (κ2) is 5.40. The number of ether oxygens (including phenoxy) is 1. The highest BCUT2D eigenvalue weighted by atomic mass is 19.1. The summed E-state index contributed by atoms with van der Waals surface area (Å²) in [5, 5.41) is 8.77. The first-order valence-corrected chi connectivity index (χ1v) is 5.75. The van der Waals surface area contributed by atoms with Crippen molar-refractivity contribution < 1.29 is 9.13 Å².